The summed E-state index contributed by atoms with van der Waals surface area (Å²) in [7, 11) is 0. The number of benzene rings is 1. The minimum Gasteiger partial charge on any atom is -0.298 e. The van der Waals surface area contributed by atoms with Crippen LogP contribution in [0.5, 0.6) is 0 Å². The number of hydrogen-bond donors (Lipinski definition) is 0. The average Bonchev–Trinajstić information content (AvgIpc) is 2.69. The van der Waals surface area contributed by atoms with Gasteiger partial charge < -0.3 is 0 Å². The first-order valence-corrected chi connectivity index (χ1v) is 9.13. The minimum absolute atomic E-state index is 0.223. The molecule has 0 aliphatic carbocycles. The van der Waals surface area contributed by atoms with Crippen LogP contribution in [-0.4, -0.2) is 28.0 Å². The third kappa shape index (κ3) is 3.81. The highest BCUT2D eigenvalue weighted by Crippen LogP contribution is 2.29. The van der Waals surface area contributed by atoms with Crippen LogP contribution in [0.15, 0.2) is 67.0 Å². The number of rotatable bonds is 4. The number of piperidine rings is 1. The zero-order valence-corrected chi connectivity index (χ0v) is 14.7. The van der Waals surface area contributed by atoms with Crippen molar-refractivity contribution in [3.05, 3.63) is 84.1 Å². The van der Waals surface area contributed by atoms with Crippen LogP contribution < -0.4 is 0 Å². The van der Waals surface area contributed by atoms with E-state index in [2.05, 4.69) is 22.0 Å². The van der Waals surface area contributed by atoms with Gasteiger partial charge in [-0.1, -0.05) is 24.3 Å². The molecule has 2 aromatic heterocycles. The van der Waals surface area contributed by atoms with Gasteiger partial charge in [0.2, 0.25) is 0 Å². The molecule has 4 heteroatoms. The zero-order chi connectivity index (χ0) is 17.8. The first-order valence-electron chi connectivity index (χ1n) is 9.13. The quantitative estimate of drug-likeness (QED) is 0.687. The predicted molar refractivity (Wildman–Crippen MR) is 101 cm³/mol. The summed E-state index contributed by atoms with van der Waals surface area (Å²) in [5.74, 6) is 0.158. The fourth-order valence-corrected chi connectivity index (χ4v) is 3.69. The Morgan fingerprint density at radius 3 is 2.81 bits per heavy atom. The molecule has 0 spiro atoms. The Bertz CT molecular complexity index is 866. The van der Waals surface area contributed by atoms with Gasteiger partial charge in [0.1, 0.15) is 5.82 Å². The lowest BCUT2D eigenvalue weighted by atomic mass is 9.93. The molecule has 132 valence electrons. The summed E-state index contributed by atoms with van der Waals surface area (Å²) >= 11 is 0. The van der Waals surface area contributed by atoms with E-state index >= 15 is 0 Å². The second-order valence-electron chi connectivity index (χ2n) is 6.86. The van der Waals surface area contributed by atoms with Crippen LogP contribution in [0.4, 0.5) is 4.39 Å². The standard InChI is InChI=1S/C22H22FN3/c23-20-9-2-1-8-19(20)22-11-3-10-21(25-22)18-7-5-13-26(16-18)15-17-6-4-12-24-14-17/h1-4,6,8-12,14,18H,5,7,13,15-16H2/t18-/m0/s1. The first-order chi connectivity index (χ1) is 12.8. The fourth-order valence-electron chi connectivity index (χ4n) is 3.69. The van der Waals surface area contributed by atoms with Crippen LogP contribution in [0.1, 0.15) is 30.0 Å². The van der Waals surface area contributed by atoms with E-state index in [9.17, 15) is 4.39 Å². The first kappa shape index (κ1) is 16.9. The second-order valence-corrected chi connectivity index (χ2v) is 6.86. The molecule has 1 atom stereocenters. The van der Waals surface area contributed by atoms with E-state index in [4.69, 9.17) is 4.98 Å². The van der Waals surface area contributed by atoms with E-state index in [1.165, 1.54) is 11.6 Å². The van der Waals surface area contributed by atoms with Gasteiger partial charge in [0, 0.05) is 42.7 Å². The topological polar surface area (TPSA) is 29.0 Å². The number of aromatic nitrogens is 2. The smallest absolute Gasteiger partial charge is 0.132 e. The number of likely N-dealkylation sites (tertiary alicyclic amines) is 1. The van der Waals surface area contributed by atoms with Gasteiger partial charge >= 0.3 is 0 Å². The Labute approximate surface area is 153 Å². The third-order valence-corrected chi connectivity index (χ3v) is 4.97. The van der Waals surface area contributed by atoms with Crippen molar-refractivity contribution in [1.29, 1.82) is 0 Å². The Kier molecular flexibility index (Phi) is 5.02. The zero-order valence-electron chi connectivity index (χ0n) is 14.7. The number of hydrogen-bond acceptors (Lipinski definition) is 3. The largest absolute Gasteiger partial charge is 0.298 e. The Balaban J connectivity index is 1.52. The normalized spacial score (nSPS) is 18.0. The number of pyridine rings is 2. The maximum absolute atomic E-state index is 14.1. The molecule has 4 rings (SSSR count). The summed E-state index contributed by atoms with van der Waals surface area (Å²) in [5.41, 5.74) is 3.57. The molecule has 0 unspecified atom stereocenters. The van der Waals surface area contributed by atoms with Gasteiger partial charge in [-0.15, -0.1) is 0 Å². The lowest BCUT2D eigenvalue weighted by Gasteiger charge is -2.32. The maximum Gasteiger partial charge on any atom is 0.132 e. The molecule has 3 aromatic rings. The Hall–Kier alpha value is -2.59. The minimum atomic E-state index is -0.223. The van der Waals surface area contributed by atoms with Gasteiger partial charge in [0.25, 0.3) is 0 Å². The van der Waals surface area contributed by atoms with Gasteiger partial charge in [-0.2, -0.15) is 0 Å². The summed E-state index contributed by atoms with van der Waals surface area (Å²) in [6.07, 6.45) is 6.01. The highest BCUT2D eigenvalue weighted by atomic mass is 19.1. The van der Waals surface area contributed by atoms with Crippen molar-refractivity contribution in [3.63, 3.8) is 0 Å². The summed E-state index contributed by atoms with van der Waals surface area (Å²) < 4.78 is 14.1. The van der Waals surface area contributed by atoms with E-state index in [-0.39, 0.29) is 5.82 Å². The number of nitrogens with zero attached hydrogens (tertiary/aromatic N) is 3. The van der Waals surface area contributed by atoms with Crippen LogP contribution in [0.2, 0.25) is 0 Å². The highest BCUT2D eigenvalue weighted by Gasteiger charge is 2.23. The van der Waals surface area contributed by atoms with E-state index in [1.54, 1.807) is 18.3 Å². The van der Waals surface area contributed by atoms with Crippen molar-refractivity contribution in [2.24, 2.45) is 0 Å². The maximum atomic E-state index is 14.1. The lowest BCUT2D eigenvalue weighted by molar-refractivity contribution is 0.198. The van der Waals surface area contributed by atoms with E-state index in [1.807, 2.05) is 30.5 Å². The molecule has 0 radical (unpaired) electrons. The molecule has 0 saturated carbocycles. The van der Waals surface area contributed by atoms with E-state index in [0.717, 1.165) is 38.2 Å². The molecule has 26 heavy (non-hydrogen) atoms. The van der Waals surface area contributed by atoms with Gasteiger partial charge in [0.05, 0.1) is 5.69 Å². The van der Waals surface area contributed by atoms with Crippen molar-refractivity contribution < 1.29 is 4.39 Å². The monoisotopic (exact) mass is 347 g/mol. The van der Waals surface area contributed by atoms with Crippen molar-refractivity contribution in [2.45, 2.75) is 25.3 Å². The molecule has 1 saturated heterocycles. The van der Waals surface area contributed by atoms with Gasteiger partial charge in [-0.3, -0.25) is 14.9 Å². The van der Waals surface area contributed by atoms with Gasteiger partial charge in [-0.25, -0.2) is 4.39 Å². The Morgan fingerprint density at radius 1 is 1.04 bits per heavy atom. The molecular formula is C22H22FN3. The van der Waals surface area contributed by atoms with Crippen LogP contribution in [0.3, 0.4) is 0 Å². The molecule has 1 aliphatic rings. The highest BCUT2D eigenvalue weighted by molar-refractivity contribution is 5.59. The summed E-state index contributed by atoms with van der Waals surface area (Å²) in [5, 5.41) is 0. The molecule has 1 aromatic carbocycles. The molecule has 1 fully saturated rings. The predicted octanol–water partition coefficient (Wildman–Crippen LogP) is 4.66. The van der Waals surface area contributed by atoms with Gasteiger partial charge in [-0.05, 0) is 55.3 Å². The van der Waals surface area contributed by atoms with Crippen molar-refractivity contribution >= 4 is 0 Å². The summed E-state index contributed by atoms with van der Waals surface area (Å²) in [6.45, 7) is 2.98. The van der Waals surface area contributed by atoms with Crippen molar-refractivity contribution in [2.75, 3.05) is 13.1 Å². The lowest BCUT2D eigenvalue weighted by Crippen LogP contribution is -2.34. The molecule has 3 nitrogen and oxygen atoms in total. The van der Waals surface area contributed by atoms with Crippen LogP contribution >= 0.6 is 0 Å². The average molecular weight is 347 g/mol. The van der Waals surface area contributed by atoms with Crippen molar-refractivity contribution in [1.82, 2.24) is 14.9 Å². The van der Waals surface area contributed by atoms with Crippen LogP contribution in [-0.2, 0) is 6.54 Å². The summed E-state index contributed by atoms with van der Waals surface area (Å²) in [4.78, 5) is 11.5. The molecule has 0 amide bonds. The van der Waals surface area contributed by atoms with Gasteiger partial charge in [0.15, 0.2) is 0 Å². The van der Waals surface area contributed by atoms with Crippen LogP contribution in [0.25, 0.3) is 11.3 Å². The molecule has 1 aliphatic heterocycles. The molecule has 3 heterocycles. The molecule has 0 N–H and O–H groups in total. The Morgan fingerprint density at radius 2 is 1.96 bits per heavy atom. The molecule has 0 bridgehead atoms. The number of halogens is 1. The summed E-state index contributed by atoms with van der Waals surface area (Å²) in [6, 6.07) is 16.9. The molecular weight excluding hydrogens is 325 g/mol. The van der Waals surface area contributed by atoms with Crippen molar-refractivity contribution in [3.8, 4) is 11.3 Å². The van der Waals surface area contributed by atoms with Crippen LogP contribution in [0, 0.1) is 5.82 Å². The second kappa shape index (κ2) is 7.75. The van der Waals surface area contributed by atoms with E-state index < -0.39 is 0 Å². The van der Waals surface area contributed by atoms with E-state index in [0.29, 0.717) is 17.2 Å². The SMILES string of the molecule is Fc1ccccc1-c1cccc([C@H]2CCCN(Cc3cccnc3)C2)n1. The third-order valence-electron chi connectivity index (χ3n) is 4.97. The fraction of sp³-hybridized carbons (Fsp3) is 0.273.